The number of aromatic nitrogens is 4. The number of fused-ring (bicyclic) bond motifs is 1. The molecule has 1 aliphatic rings. The highest BCUT2D eigenvalue weighted by Crippen LogP contribution is 2.31. The SMILES string of the molecule is Nc1ncccc1-c1cc(Cc2ccc(OC3CCCc4cccnc43)nc2)no1. The first-order valence-electron chi connectivity index (χ1n) is 9.98. The number of nitrogens with two attached hydrogens (primary N) is 1. The molecule has 1 atom stereocenters. The van der Waals surface area contributed by atoms with Gasteiger partial charge in [-0.2, -0.15) is 0 Å². The van der Waals surface area contributed by atoms with Crippen LogP contribution in [0.1, 0.15) is 41.5 Å². The Kier molecular flexibility index (Phi) is 4.85. The molecule has 1 unspecified atom stereocenters. The summed E-state index contributed by atoms with van der Waals surface area (Å²) in [5.74, 6) is 1.63. The van der Waals surface area contributed by atoms with Gasteiger partial charge in [0.1, 0.15) is 11.9 Å². The lowest BCUT2D eigenvalue weighted by molar-refractivity contribution is 0.170. The van der Waals surface area contributed by atoms with Gasteiger partial charge in [-0.1, -0.05) is 17.3 Å². The number of hydrogen-bond donors (Lipinski definition) is 1. The quantitative estimate of drug-likeness (QED) is 0.538. The van der Waals surface area contributed by atoms with Crippen molar-refractivity contribution in [1.29, 1.82) is 0 Å². The third kappa shape index (κ3) is 3.74. The number of aryl methyl sites for hydroxylation is 1. The molecule has 5 rings (SSSR count). The van der Waals surface area contributed by atoms with Crippen LogP contribution >= 0.6 is 0 Å². The van der Waals surface area contributed by atoms with Gasteiger partial charge in [0.25, 0.3) is 0 Å². The summed E-state index contributed by atoms with van der Waals surface area (Å²) in [6.45, 7) is 0. The number of anilines is 1. The predicted octanol–water partition coefficient (Wildman–Crippen LogP) is 4.16. The average Bonchev–Trinajstić information content (AvgIpc) is 3.24. The molecule has 1 aliphatic carbocycles. The van der Waals surface area contributed by atoms with E-state index in [0.29, 0.717) is 23.9 Å². The molecule has 0 amide bonds. The molecule has 0 fully saturated rings. The van der Waals surface area contributed by atoms with Crippen LogP contribution in [0.25, 0.3) is 11.3 Å². The van der Waals surface area contributed by atoms with Crippen LogP contribution in [0.15, 0.2) is 65.6 Å². The molecule has 0 saturated heterocycles. The van der Waals surface area contributed by atoms with Crippen LogP contribution in [0.4, 0.5) is 5.82 Å². The van der Waals surface area contributed by atoms with Crippen molar-refractivity contribution >= 4 is 5.82 Å². The van der Waals surface area contributed by atoms with E-state index in [-0.39, 0.29) is 6.10 Å². The first-order chi connectivity index (χ1) is 14.8. The monoisotopic (exact) mass is 399 g/mol. The maximum absolute atomic E-state index is 6.13. The molecule has 4 aromatic heterocycles. The van der Waals surface area contributed by atoms with Gasteiger partial charge in [0.15, 0.2) is 5.76 Å². The third-order valence-corrected chi connectivity index (χ3v) is 5.25. The summed E-state index contributed by atoms with van der Waals surface area (Å²) in [6, 6.07) is 13.5. The Labute approximate surface area is 173 Å². The highest BCUT2D eigenvalue weighted by atomic mass is 16.5. The molecular weight excluding hydrogens is 378 g/mol. The van der Waals surface area contributed by atoms with E-state index in [4.69, 9.17) is 15.0 Å². The number of hydrogen-bond acceptors (Lipinski definition) is 7. The van der Waals surface area contributed by atoms with Crippen LogP contribution in [0.2, 0.25) is 0 Å². The van der Waals surface area contributed by atoms with Gasteiger partial charge < -0.3 is 15.0 Å². The fourth-order valence-electron chi connectivity index (χ4n) is 3.77. The van der Waals surface area contributed by atoms with Crippen molar-refractivity contribution in [3.63, 3.8) is 0 Å². The fraction of sp³-hybridized carbons (Fsp3) is 0.217. The number of nitrogen functional groups attached to an aromatic ring is 1. The normalized spacial score (nSPS) is 15.5. The minimum absolute atomic E-state index is 0.0451. The molecule has 7 heteroatoms. The number of rotatable bonds is 5. The minimum Gasteiger partial charge on any atom is -0.468 e. The van der Waals surface area contributed by atoms with Crippen LogP contribution in [-0.4, -0.2) is 20.1 Å². The molecule has 0 saturated carbocycles. The smallest absolute Gasteiger partial charge is 0.213 e. The van der Waals surface area contributed by atoms with Crippen molar-refractivity contribution in [2.45, 2.75) is 31.8 Å². The van der Waals surface area contributed by atoms with E-state index < -0.39 is 0 Å². The number of nitrogens with zero attached hydrogens (tertiary/aromatic N) is 4. The zero-order valence-electron chi connectivity index (χ0n) is 16.4. The van der Waals surface area contributed by atoms with Crippen molar-refractivity contribution < 1.29 is 9.26 Å². The van der Waals surface area contributed by atoms with Gasteiger partial charge in [-0.3, -0.25) is 4.98 Å². The van der Waals surface area contributed by atoms with Gasteiger partial charge in [-0.05, 0) is 48.6 Å². The summed E-state index contributed by atoms with van der Waals surface area (Å²) < 4.78 is 11.6. The zero-order valence-corrected chi connectivity index (χ0v) is 16.4. The van der Waals surface area contributed by atoms with E-state index in [2.05, 4.69) is 26.2 Å². The molecule has 0 spiro atoms. The molecule has 0 aromatic carbocycles. The minimum atomic E-state index is -0.0451. The fourth-order valence-corrected chi connectivity index (χ4v) is 3.77. The Balaban J connectivity index is 1.27. The van der Waals surface area contributed by atoms with Gasteiger partial charge in [0.05, 0.1) is 17.0 Å². The highest BCUT2D eigenvalue weighted by molar-refractivity contribution is 5.69. The van der Waals surface area contributed by atoms with Gasteiger partial charge in [0.2, 0.25) is 5.88 Å². The first-order valence-corrected chi connectivity index (χ1v) is 9.98. The molecule has 0 aliphatic heterocycles. The van der Waals surface area contributed by atoms with E-state index in [1.165, 1.54) is 5.56 Å². The van der Waals surface area contributed by atoms with Crippen molar-refractivity contribution in [2.75, 3.05) is 5.73 Å². The second-order valence-electron chi connectivity index (χ2n) is 7.35. The zero-order chi connectivity index (χ0) is 20.3. The molecule has 2 N–H and O–H groups in total. The summed E-state index contributed by atoms with van der Waals surface area (Å²) in [6.07, 6.45) is 8.94. The molecule has 30 heavy (non-hydrogen) atoms. The predicted molar refractivity (Wildman–Crippen MR) is 112 cm³/mol. The van der Waals surface area contributed by atoms with Crippen LogP contribution in [0.3, 0.4) is 0 Å². The van der Waals surface area contributed by atoms with Crippen LogP contribution in [0.5, 0.6) is 5.88 Å². The Hall–Kier alpha value is -3.74. The maximum Gasteiger partial charge on any atom is 0.213 e. The van der Waals surface area contributed by atoms with Crippen molar-refractivity contribution in [1.82, 2.24) is 20.1 Å². The first kappa shape index (κ1) is 18.3. The van der Waals surface area contributed by atoms with E-state index in [0.717, 1.165) is 41.8 Å². The molecule has 150 valence electrons. The molecule has 0 bridgehead atoms. The lowest BCUT2D eigenvalue weighted by atomic mass is 9.94. The number of ether oxygens (including phenoxy) is 1. The summed E-state index contributed by atoms with van der Waals surface area (Å²) >= 11 is 0. The Morgan fingerprint density at radius 1 is 1.07 bits per heavy atom. The summed E-state index contributed by atoms with van der Waals surface area (Å²) in [5.41, 5.74) is 10.8. The summed E-state index contributed by atoms with van der Waals surface area (Å²) in [7, 11) is 0. The Morgan fingerprint density at radius 2 is 1.97 bits per heavy atom. The molecule has 0 radical (unpaired) electrons. The van der Waals surface area contributed by atoms with Gasteiger partial charge in [0, 0.05) is 37.1 Å². The largest absolute Gasteiger partial charge is 0.468 e. The van der Waals surface area contributed by atoms with Crippen molar-refractivity contribution in [3.05, 3.63) is 83.6 Å². The van der Waals surface area contributed by atoms with Crippen molar-refractivity contribution in [3.8, 4) is 17.2 Å². The van der Waals surface area contributed by atoms with Crippen LogP contribution in [-0.2, 0) is 12.8 Å². The van der Waals surface area contributed by atoms with Crippen LogP contribution in [0, 0.1) is 0 Å². The highest BCUT2D eigenvalue weighted by Gasteiger charge is 2.23. The lowest BCUT2D eigenvalue weighted by Gasteiger charge is -2.24. The molecular formula is C23H21N5O2. The van der Waals surface area contributed by atoms with Crippen LogP contribution < -0.4 is 10.5 Å². The van der Waals surface area contributed by atoms with E-state index in [9.17, 15) is 0 Å². The molecule has 4 heterocycles. The number of pyridine rings is 3. The molecule has 7 nitrogen and oxygen atoms in total. The second-order valence-corrected chi connectivity index (χ2v) is 7.35. The molecule has 4 aromatic rings. The van der Waals surface area contributed by atoms with Crippen molar-refractivity contribution in [2.24, 2.45) is 0 Å². The Bertz CT molecular complexity index is 1160. The summed E-state index contributed by atoms with van der Waals surface area (Å²) in [5, 5.41) is 4.14. The van der Waals surface area contributed by atoms with E-state index in [1.54, 1.807) is 6.20 Å². The van der Waals surface area contributed by atoms with Gasteiger partial charge in [-0.25, -0.2) is 9.97 Å². The van der Waals surface area contributed by atoms with E-state index in [1.807, 2.05) is 48.8 Å². The van der Waals surface area contributed by atoms with Gasteiger partial charge >= 0.3 is 0 Å². The second kappa shape index (κ2) is 7.94. The van der Waals surface area contributed by atoms with Gasteiger partial charge in [-0.15, -0.1) is 0 Å². The third-order valence-electron chi connectivity index (χ3n) is 5.25. The van der Waals surface area contributed by atoms with E-state index >= 15 is 0 Å². The maximum atomic E-state index is 6.13. The lowest BCUT2D eigenvalue weighted by Crippen LogP contribution is -2.17. The Morgan fingerprint density at radius 3 is 2.83 bits per heavy atom. The standard InChI is InChI=1S/C23H21N5O2/c24-23-18(6-3-11-26-23)20-13-17(28-30-20)12-15-8-9-21(27-14-15)29-19-7-1-4-16-5-2-10-25-22(16)19/h2-3,5-6,8-11,13-14,19H,1,4,7,12H2,(H2,24,26). The topological polar surface area (TPSA) is 100.0 Å². The average molecular weight is 399 g/mol. The summed E-state index contributed by atoms with van der Waals surface area (Å²) in [4.78, 5) is 13.1.